The Labute approximate surface area is 122 Å². The molecule has 20 heavy (non-hydrogen) atoms. The van der Waals surface area contributed by atoms with Crippen molar-refractivity contribution in [1.29, 1.82) is 0 Å². The highest BCUT2D eigenvalue weighted by Gasteiger charge is 2.16. The van der Waals surface area contributed by atoms with Gasteiger partial charge >= 0.3 is 0 Å². The summed E-state index contributed by atoms with van der Waals surface area (Å²) in [4.78, 5) is 1.06. The second-order valence-corrected chi connectivity index (χ2v) is 6.92. The Hall–Kier alpha value is -1.57. The normalized spacial score (nSPS) is 11.3. The molecule has 1 heterocycles. The van der Waals surface area contributed by atoms with Gasteiger partial charge in [0.25, 0.3) is 10.0 Å². The number of anilines is 1. The van der Waals surface area contributed by atoms with Gasteiger partial charge < -0.3 is 10.5 Å². The molecule has 2 rings (SSSR count). The third-order valence-electron chi connectivity index (χ3n) is 2.79. The maximum Gasteiger partial charge on any atom is 0.262 e. The van der Waals surface area contributed by atoms with Gasteiger partial charge in [0.2, 0.25) is 0 Å². The number of sulfonamides is 1. The lowest BCUT2D eigenvalue weighted by Crippen LogP contribution is -2.12. The summed E-state index contributed by atoms with van der Waals surface area (Å²) in [5, 5.41) is 1.58. The maximum atomic E-state index is 12.2. The average Bonchev–Trinajstić information content (AvgIpc) is 2.88. The van der Waals surface area contributed by atoms with Crippen molar-refractivity contribution in [1.82, 2.24) is 0 Å². The van der Waals surface area contributed by atoms with E-state index in [0.717, 1.165) is 10.4 Å². The van der Waals surface area contributed by atoms with Crippen LogP contribution < -0.4 is 15.2 Å². The van der Waals surface area contributed by atoms with Crippen molar-refractivity contribution >= 4 is 27.0 Å². The quantitative estimate of drug-likeness (QED) is 0.888. The summed E-state index contributed by atoms with van der Waals surface area (Å²) in [6.07, 6.45) is 0. The number of ether oxygens (including phenoxy) is 1. The number of thiophene rings is 1. The van der Waals surface area contributed by atoms with Crippen LogP contribution in [0.4, 0.5) is 5.69 Å². The van der Waals surface area contributed by atoms with Gasteiger partial charge in [0.15, 0.2) is 0 Å². The largest absolute Gasteiger partial charge is 0.496 e. The number of benzene rings is 1. The Bertz CT molecular complexity index is 708. The summed E-state index contributed by atoms with van der Waals surface area (Å²) in [5.41, 5.74) is 6.86. The van der Waals surface area contributed by atoms with E-state index in [4.69, 9.17) is 10.5 Å². The molecule has 0 fully saturated rings. The van der Waals surface area contributed by atoms with Crippen LogP contribution in [0.15, 0.2) is 34.5 Å². The van der Waals surface area contributed by atoms with Crippen molar-refractivity contribution in [2.45, 2.75) is 18.4 Å². The minimum absolute atomic E-state index is 0.233. The van der Waals surface area contributed by atoms with Crippen LogP contribution in [-0.2, 0) is 16.6 Å². The highest BCUT2D eigenvalue weighted by atomic mass is 32.2. The van der Waals surface area contributed by atoms with Crippen molar-refractivity contribution in [2.24, 2.45) is 5.73 Å². The lowest BCUT2D eigenvalue weighted by molar-refractivity contribution is 0.412. The first-order chi connectivity index (χ1) is 9.46. The van der Waals surface area contributed by atoms with Crippen LogP contribution in [0.1, 0.15) is 10.4 Å². The smallest absolute Gasteiger partial charge is 0.262 e. The molecule has 108 valence electrons. The number of hydrogen-bond donors (Lipinski definition) is 2. The zero-order chi connectivity index (χ0) is 14.8. The lowest BCUT2D eigenvalue weighted by atomic mass is 10.2. The topological polar surface area (TPSA) is 81.4 Å². The molecule has 0 unspecified atom stereocenters. The zero-order valence-electron chi connectivity index (χ0n) is 11.2. The van der Waals surface area contributed by atoms with Gasteiger partial charge in [-0.3, -0.25) is 4.72 Å². The van der Waals surface area contributed by atoms with Crippen molar-refractivity contribution in [3.8, 4) is 5.75 Å². The van der Waals surface area contributed by atoms with E-state index in [2.05, 4.69) is 4.72 Å². The van der Waals surface area contributed by atoms with Crippen LogP contribution in [0.2, 0.25) is 0 Å². The minimum atomic E-state index is -3.57. The fourth-order valence-electron chi connectivity index (χ4n) is 1.76. The summed E-state index contributed by atoms with van der Waals surface area (Å²) in [7, 11) is -2.00. The van der Waals surface area contributed by atoms with Gasteiger partial charge in [0, 0.05) is 22.5 Å². The summed E-state index contributed by atoms with van der Waals surface area (Å²) in [5.74, 6) is 0.717. The Morgan fingerprint density at radius 2 is 2.10 bits per heavy atom. The van der Waals surface area contributed by atoms with Crippen LogP contribution in [0.5, 0.6) is 5.75 Å². The van der Waals surface area contributed by atoms with E-state index in [1.54, 1.807) is 36.8 Å². The highest BCUT2D eigenvalue weighted by Crippen LogP contribution is 2.25. The summed E-state index contributed by atoms with van der Waals surface area (Å²) in [6.45, 7) is 2.19. The molecular weight excluding hydrogens is 296 g/mol. The summed E-state index contributed by atoms with van der Waals surface area (Å²) in [6, 6.07) is 6.71. The molecule has 0 radical (unpaired) electrons. The second kappa shape index (κ2) is 5.82. The molecule has 0 aliphatic rings. The molecule has 0 saturated carbocycles. The lowest BCUT2D eigenvalue weighted by Gasteiger charge is -2.09. The molecule has 0 atom stereocenters. The molecule has 0 aliphatic carbocycles. The van der Waals surface area contributed by atoms with Gasteiger partial charge in [0.05, 0.1) is 12.0 Å². The standard InChI is InChI=1S/C13H16N2O3S2/c1-9-5-10(3-4-13(9)18-2)15-20(16,17)12-6-11(7-14)19-8-12/h3-6,8,15H,7,14H2,1-2H3. The van der Waals surface area contributed by atoms with Gasteiger partial charge in [0.1, 0.15) is 5.75 Å². The minimum Gasteiger partial charge on any atom is -0.496 e. The molecule has 2 aromatic rings. The van der Waals surface area contributed by atoms with E-state index in [0.29, 0.717) is 18.0 Å². The average molecular weight is 312 g/mol. The first kappa shape index (κ1) is 14.8. The first-order valence-electron chi connectivity index (χ1n) is 5.91. The molecule has 0 bridgehead atoms. The van der Waals surface area contributed by atoms with Crippen molar-refractivity contribution in [3.05, 3.63) is 40.1 Å². The maximum absolute atomic E-state index is 12.2. The highest BCUT2D eigenvalue weighted by molar-refractivity contribution is 7.92. The van der Waals surface area contributed by atoms with E-state index in [1.165, 1.54) is 11.3 Å². The Morgan fingerprint density at radius 3 is 2.65 bits per heavy atom. The number of aryl methyl sites for hydroxylation is 1. The van der Waals surface area contributed by atoms with Crippen LogP contribution in [0.3, 0.4) is 0 Å². The van der Waals surface area contributed by atoms with E-state index < -0.39 is 10.0 Å². The first-order valence-corrected chi connectivity index (χ1v) is 8.27. The zero-order valence-corrected chi connectivity index (χ0v) is 12.8. The van der Waals surface area contributed by atoms with E-state index in [1.807, 2.05) is 6.92 Å². The number of nitrogens with one attached hydrogen (secondary N) is 1. The van der Waals surface area contributed by atoms with Crippen LogP contribution in [-0.4, -0.2) is 15.5 Å². The number of rotatable bonds is 5. The van der Waals surface area contributed by atoms with Crippen LogP contribution >= 0.6 is 11.3 Å². The van der Waals surface area contributed by atoms with Crippen molar-refractivity contribution in [3.63, 3.8) is 0 Å². The summed E-state index contributed by atoms with van der Waals surface area (Å²) < 4.78 is 32.1. The third-order valence-corrected chi connectivity index (χ3v) is 5.26. The van der Waals surface area contributed by atoms with E-state index >= 15 is 0 Å². The van der Waals surface area contributed by atoms with Gasteiger partial charge in [-0.1, -0.05) is 0 Å². The molecule has 1 aromatic heterocycles. The SMILES string of the molecule is COc1ccc(NS(=O)(=O)c2csc(CN)c2)cc1C. The summed E-state index contributed by atoms with van der Waals surface area (Å²) >= 11 is 1.33. The van der Waals surface area contributed by atoms with E-state index in [9.17, 15) is 8.42 Å². The van der Waals surface area contributed by atoms with Crippen LogP contribution in [0, 0.1) is 6.92 Å². The number of hydrogen-bond acceptors (Lipinski definition) is 5. The Morgan fingerprint density at radius 1 is 1.35 bits per heavy atom. The number of methoxy groups -OCH3 is 1. The molecule has 0 saturated heterocycles. The van der Waals surface area contributed by atoms with E-state index in [-0.39, 0.29) is 4.90 Å². The molecule has 7 heteroatoms. The number of nitrogens with two attached hydrogens (primary N) is 1. The van der Waals surface area contributed by atoms with Gasteiger partial charge in [-0.25, -0.2) is 8.42 Å². The van der Waals surface area contributed by atoms with Crippen molar-refractivity contribution < 1.29 is 13.2 Å². The second-order valence-electron chi connectivity index (χ2n) is 4.24. The van der Waals surface area contributed by atoms with Crippen molar-refractivity contribution in [2.75, 3.05) is 11.8 Å². The molecule has 0 aliphatic heterocycles. The molecule has 0 amide bonds. The third kappa shape index (κ3) is 3.12. The Balaban J connectivity index is 2.26. The Kier molecular flexibility index (Phi) is 4.32. The monoisotopic (exact) mass is 312 g/mol. The fourth-order valence-corrected chi connectivity index (χ4v) is 3.97. The van der Waals surface area contributed by atoms with Gasteiger partial charge in [-0.05, 0) is 36.8 Å². The molecular formula is C13H16N2O3S2. The fraction of sp³-hybridized carbons (Fsp3) is 0.231. The molecule has 0 spiro atoms. The molecule has 3 N–H and O–H groups in total. The van der Waals surface area contributed by atoms with Gasteiger partial charge in [-0.15, -0.1) is 11.3 Å². The predicted molar refractivity (Wildman–Crippen MR) is 80.7 cm³/mol. The molecule has 1 aromatic carbocycles. The van der Waals surface area contributed by atoms with Gasteiger partial charge in [-0.2, -0.15) is 0 Å². The predicted octanol–water partition coefficient (Wildman–Crippen LogP) is 2.32. The van der Waals surface area contributed by atoms with Crippen LogP contribution in [0.25, 0.3) is 0 Å². The molecule has 5 nitrogen and oxygen atoms in total.